The van der Waals surface area contributed by atoms with Gasteiger partial charge in [-0.3, -0.25) is 5.41 Å². The van der Waals surface area contributed by atoms with Crippen LogP contribution in [0.15, 0.2) is 12.4 Å². The number of hydrogen-bond acceptors (Lipinski definition) is 4. The standard InChI is InChI=1S/C11H19N5/c1-4-5-16(8(2)3)10-7-14-9(6-15-10)11(12)13/h6-8H,4-5H2,1-3H3,(H3,12,13). The summed E-state index contributed by atoms with van der Waals surface area (Å²) in [4.78, 5) is 10.6. The van der Waals surface area contributed by atoms with Crippen molar-refractivity contribution >= 4 is 11.7 Å². The summed E-state index contributed by atoms with van der Waals surface area (Å²) in [5.41, 5.74) is 5.75. The highest BCUT2D eigenvalue weighted by molar-refractivity contribution is 5.92. The van der Waals surface area contributed by atoms with Gasteiger partial charge in [0.05, 0.1) is 12.4 Å². The average Bonchev–Trinajstić information content (AvgIpc) is 2.25. The Bertz CT molecular complexity index is 344. The maximum Gasteiger partial charge on any atom is 0.147 e. The second-order valence-corrected chi connectivity index (χ2v) is 3.96. The van der Waals surface area contributed by atoms with Crippen molar-refractivity contribution < 1.29 is 0 Å². The van der Waals surface area contributed by atoms with Gasteiger partial charge in [0.15, 0.2) is 0 Å². The predicted molar refractivity (Wildman–Crippen MR) is 65.8 cm³/mol. The van der Waals surface area contributed by atoms with Gasteiger partial charge in [0.25, 0.3) is 0 Å². The minimum absolute atomic E-state index is 0.0503. The molecular formula is C11H19N5. The summed E-state index contributed by atoms with van der Waals surface area (Å²) < 4.78 is 0. The first-order chi connectivity index (χ1) is 7.56. The van der Waals surface area contributed by atoms with Gasteiger partial charge in [0.2, 0.25) is 0 Å². The molecule has 0 atom stereocenters. The van der Waals surface area contributed by atoms with Crippen LogP contribution >= 0.6 is 0 Å². The number of anilines is 1. The third kappa shape index (κ3) is 2.92. The second-order valence-electron chi connectivity index (χ2n) is 3.96. The molecule has 0 saturated carbocycles. The molecule has 0 saturated heterocycles. The lowest BCUT2D eigenvalue weighted by atomic mass is 10.3. The van der Waals surface area contributed by atoms with Crippen molar-refractivity contribution in [2.24, 2.45) is 5.73 Å². The molecule has 1 heterocycles. The topological polar surface area (TPSA) is 78.9 Å². The first-order valence-electron chi connectivity index (χ1n) is 5.49. The molecule has 0 aliphatic rings. The van der Waals surface area contributed by atoms with E-state index in [0.29, 0.717) is 11.7 Å². The normalized spacial score (nSPS) is 10.5. The lowest BCUT2D eigenvalue weighted by Crippen LogP contribution is -2.32. The molecule has 0 bridgehead atoms. The van der Waals surface area contributed by atoms with E-state index in [0.717, 1.165) is 18.8 Å². The molecule has 0 spiro atoms. The van der Waals surface area contributed by atoms with E-state index in [1.165, 1.54) is 0 Å². The van der Waals surface area contributed by atoms with Crippen LogP contribution in [0.3, 0.4) is 0 Å². The maximum absolute atomic E-state index is 7.24. The predicted octanol–water partition coefficient (Wildman–Crippen LogP) is 1.39. The number of nitrogens with one attached hydrogen (secondary N) is 1. The van der Waals surface area contributed by atoms with Crippen LogP contribution in [0.1, 0.15) is 32.9 Å². The molecule has 0 aliphatic heterocycles. The number of aromatic nitrogens is 2. The lowest BCUT2D eigenvalue weighted by Gasteiger charge is -2.26. The molecule has 5 heteroatoms. The minimum Gasteiger partial charge on any atom is -0.382 e. The van der Waals surface area contributed by atoms with Gasteiger partial charge in [-0.05, 0) is 20.3 Å². The number of nitrogens with two attached hydrogens (primary N) is 1. The van der Waals surface area contributed by atoms with Gasteiger partial charge in [-0.1, -0.05) is 6.92 Å². The summed E-state index contributed by atoms with van der Waals surface area (Å²) in [6.45, 7) is 7.32. The fourth-order valence-corrected chi connectivity index (χ4v) is 1.49. The molecule has 0 fully saturated rings. The highest BCUT2D eigenvalue weighted by Crippen LogP contribution is 2.12. The molecule has 88 valence electrons. The molecule has 0 aliphatic carbocycles. The van der Waals surface area contributed by atoms with Crippen LogP contribution in [0.2, 0.25) is 0 Å². The van der Waals surface area contributed by atoms with Crippen molar-refractivity contribution in [1.29, 1.82) is 5.41 Å². The van der Waals surface area contributed by atoms with Crippen molar-refractivity contribution in [2.45, 2.75) is 33.2 Å². The van der Waals surface area contributed by atoms with Gasteiger partial charge in [-0.2, -0.15) is 0 Å². The van der Waals surface area contributed by atoms with Crippen LogP contribution in [0.25, 0.3) is 0 Å². The van der Waals surface area contributed by atoms with Gasteiger partial charge >= 0.3 is 0 Å². The molecule has 3 N–H and O–H groups in total. The highest BCUT2D eigenvalue weighted by Gasteiger charge is 2.11. The summed E-state index contributed by atoms with van der Waals surface area (Å²) in [7, 11) is 0. The first kappa shape index (κ1) is 12.4. The van der Waals surface area contributed by atoms with E-state index in [9.17, 15) is 0 Å². The molecule has 1 aromatic rings. The fraction of sp³-hybridized carbons (Fsp3) is 0.545. The van der Waals surface area contributed by atoms with E-state index in [1.807, 2.05) is 0 Å². The summed E-state index contributed by atoms with van der Waals surface area (Å²) in [6.07, 6.45) is 4.28. The van der Waals surface area contributed by atoms with E-state index in [2.05, 4.69) is 35.6 Å². The first-order valence-corrected chi connectivity index (χ1v) is 5.49. The summed E-state index contributed by atoms with van der Waals surface area (Å²) >= 11 is 0. The summed E-state index contributed by atoms with van der Waals surface area (Å²) in [5.74, 6) is 0.785. The molecule has 16 heavy (non-hydrogen) atoms. The van der Waals surface area contributed by atoms with E-state index in [-0.39, 0.29) is 5.84 Å². The second kappa shape index (κ2) is 5.44. The van der Waals surface area contributed by atoms with Crippen LogP contribution < -0.4 is 10.6 Å². The van der Waals surface area contributed by atoms with Gasteiger partial charge in [0, 0.05) is 12.6 Å². The van der Waals surface area contributed by atoms with Gasteiger partial charge in [-0.25, -0.2) is 9.97 Å². The molecule has 1 aromatic heterocycles. The lowest BCUT2D eigenvalue weighted by molar-refractivity contribution is 0.660. The number of nitrogen functional groups attached to an aromatic ring is 1. The van der Waals surface area contributed by atoms with E-state index in [1.54, 1.807) is 12.4 Å². The number of hydrogen-bond donors (Lipinski definition) is 2. The monoisotopic (exact) mass is 221 g/mol. The van der Waals surface area contributed by atoms with Gasteiger partial charge in [-0.15, -0.1) is 0 Å². The van der Waals surface area contributed by atoms with Crippen LogP contribution in [-0.2, 0) is 0 Å². The van der Waals surface area contributed by atoms with Crippen LogP contribution in [0, 0.1) is 5.41 Å². The molecule has 1 rings (SSSR count). The Morgan fingerprint density at radius 3 is 2.50 bits per heavy atom. The Labute approximate surface area is 96.2 Å². The van der Waals surface area contributed by atoms with Crippen LogP contribution in [0.5, 0.6) is 0 Å². The molecule has 0 aromatic carbocycles. The SMILES string of the molecule is CCCN(c1cnc(C(=N)N)cn1)C(C)C. The molecule has 0 radical (unpaired) electrons. The zero-order valence-electron chi connectivity index (χ0n) is 10.1. The number of amidine groups is 1. The molecular weight excluding hydrogens is 202 g/mol. The van der Waals surface area contributed by atoms with Crippen molar-refractivity contribution in [3.63, 3.8) is 0 Å². The Balaban J connectivity index is 2.89. The molecule has 0 unspecified atom stereocenters. The summed E-state index contributed by atoms with van der Waals surface area (Å²) in [6, 6.07) is 0.387. The Hall–Kier alpha value is -1.65. The average molecular weight is 221 g/mol. The minimum atomic E-state index is -0.0503. The Morgan fingerprint density at radius 2 is 2.12 bits per heavy atom. The quantitative estimate of drug-likeness (QED) is 0.581. The zero-order valence-corrected chi connectivity index (χ0v) is 10.1. The van der Waals surface area contributed by atoms with Crippen LogP contribution in [-0.4, -0.2) is 28.4 Å². The maximum atomic E-state index is 7.24. The number of nitrogens with zero attached hydrogens (tertiary/aromatic N) is 3. The van der Waals surface area contributed by atoms with Gasteiger partial charge in [0.1, 0.15) is 17.3 Å². The third-order valence-electron chi connectivity index (χ3n) is 2.30. The smallest absolute Gasteiger partial charge is 0.147 e. The third-order valence-corrected chi connectivity index (χ3v) is 2.30. The van der Waals surface area contributed by atoms with E-state index >= 15 is 0 Å². The van der Waals surface area contributed by atoms with Crippen molar-refractivity contribution in [3.05, 3.63) is 18.1 Å². The van der Waals surface area contributed by atoms with Crippen molar-refractivity contribution in [1.82, 2.24) is 9.97 Å². The zero-order chi connectivity index (χ0) is 12.1. The van der Waals surface area contributed by atoms with E-state index in [4.69, 9.17) is 11.1 Å². The molecule has 5 nitrogen and oxygen atoms in total. The Kier molecular flexibility index (Phi) is 4.22. The largest absolute Gasteiger partial charge is 0.382 e. The highest BCUT2D eigenvalue weighted by atomic mass is 15.2. The van der Waals surface area contributed by atoms with Gasteiger partial charge < -0.3 is 10.6 Å². The molecule has 0 amide bonds. The van der Waals surface area contributed by atoms with E-state index < -0.39 is 0 Å². The Morgan fingerprint density at radius 1 is 1.44 bits per heavy atom. The summed E-state index contributed by atoms with van der Waals surface area (Å²) in [5, 5.41) is 7.24. The number of rotatable bonds is 5. The van der Waals surface area contributed by atoms with Crippen LogP contribution in [0.4, 0.5) is 5.82 Å². The van der Waals surface area contributed by atoms with Crippen molar-refractivity contribution in [2.75, 3.05) is 11.4 Å². The van der Waals surface area contributed by atoms with Crippen molar-refractivity contribution in [3.8, 4) is 0 Å². The fourth-order valence-electron chi connectivity index (χ4n) is 1.49.